The highest BCUT2D eigenvalue weighted by Gasteiger charge is 2.23. The molecule has 25 heavy (non-hydrogen) atoms. The van der Waals surface area contributed by atoms with Gasteiger partial charge < -0.3 is 14.6 Å². The number of aliphatic hydroxyl groups excluding tert-OH is 1. The van der Waals surface area contributed by atoms with Crippen LogP contribution in [0, 0.1) is 5.92 Å². The summed E-state index contributed by atoms with van der Waals surface area (Å²) in [4.78, 5) is 3.90. The number of benzene rings is 1. The Bertz CT molecular complexity index is 725. The Labute approximate surface area is 149 Å². The highest BCUT2D eigenvalue weighted by atomic mass is 35.5. The third-order valence-electron chi connectivity index (χ3n) is 3.96. The van der Waals surface area contributed by atoms with Crippen molar-refractivity contribution in [2.24, 2.45) is 5.92 Å². The maximum Gasteiger partial charge on any atom is 0.387 e. The first-order chi connectivity index (χ1) is 12.0. The molecule has 1 unspecified atom stereocenters. The Morgan fingerprint density at radius 3 is 2.68 bits per heavy atom. The standard InChI is InChI=1S/C18H18ClF2NO3/c19-17-8-12(5-6-22-17)7-14(23)13-3-4-15(25-18(20)21)16(9-13)24-10-11-1-2-11/h3-6,8-9,11,14,18,23H,1-2,7,10H2. The van der Waals surface area contributed by atoms with Gasteiger partial charge in [-0.2, -0.15) is 8.78 Å². The molecule has 0 radical (unpaired) electrons. The highest BCUT2D eigenvalue weighted by molar-refractivity contribution is 6.29. The van der Waals surface area contributed by atoms with Crippen molar-refractivity contribution >= 4 is 11.6 Å². The summed E-state index contributed by atoms with van der Waals surface area (Å²) in [6, 6.07) is 7.92. The lowest BCUT2D eigenvalue weighted by Gasteiger charge is -2.16. The molecule has 1 saturated carbocycles. The summed E-state index contributed by atoms with van der Waals surface area (Å²) in [6.45, 7) is -2.47. The number of halogens is 3. The molecule has 0 bridgehead atoms. The number of rotatable bonds is 8. The number of aromatic nitrogens is 1. The van der Waals surface area contributed by atoms with E-state index in [1.807, 2.05) is 0 Å². The first-order valence-corrected chi connectivity index (χ1v) is 8.39. The Balaban J connectivity index is 1.75. The molecule has 1 aromatic heterocycles. The van der Waals surface area contributed by atoms with Crippen molar-refractivity contribution in [3.63, 3.8) is 0 Å². The van der Waals surface area contributed by atoms with E-state index in [1.165, 1.54) is 6.07 Å². The van der Waals surface area contributed by atoms with Crippen LogP contribution in [0.4, 0.5) is 8.78 Å². The molecule has 1 aliphatic rings. The van der Waals surface area contributed by atoms with Crippen LogP contribution < -0.4 is 9.47 Å². The zero-order valence-corrected chi connectivity index (χ0v) is 14.1. The van der Waals surface area contributed by atoms with Gasteiger partial charge in [-0.1, -0.05) is 17.7 Å². The van der Waals surface area contributed by atoms with E-state index in [0.717, 1.165) is 18.4 Å². The van der Waals surface area contributed by atoms with E-state index >= 15 is 0 Å². The summed E-state index contributed by atoms with van der Waals surface area (Å²) >= 11 is 5.85. The van der Waals surface area contributed by atoms with Crippen molar-refractivity contribution in [2.75, 3.05) is 6.61 Å². The van der Waals surface area contributed by atoms with E-state index in [9.17, 15) is 13.9 Å². The van der Waals surface area contributed by atoms with E-state index < -0.39 is 12.7 Å². The second-order valence-corrected chi connectivity index (χ2v) is 6.43. The van der Waals surface area contributed by atoms with Gasteiger partial charge in [0.1, 0.15) is 5.15 Å². The van der Waals surface area contributed by atoms with Gasteiger partial charge >= 0.3 is 6.61 Å². The summed E-state index contributed by atoms with van der Waals surface area (Å²) in [6.07, 6.45) is 3.21. The van der Waals surface area contributed by atoms with Gasteiger partial charge in [0.15, 0.2) is 11.5 Å². The topological polar surface area (TPSA) is 51.6 Å². The first-order valence-electron chi connectivity index (χ1n) is 8.01. The predicted molar refractivity (Wildman–Crippen MR) is 89.2 cm³/mol. The van der Waals surface area contributed by atoms with Crippen molar-refractivity contribution in [2.45, 2.75) is 32.0 Å². The molecular weight excluding hydrogens is 352 g/mol. The fraction of sp³-hybridized carbons (Fsp3) is 0.389. The number of hydrogen-bond donors (Lipinski definition) is 1. The normalized spacial score (nSPS) is 15.2. The Morgan fingerprint density at radius 1 is 1.20 bits per heavy atom. The van der Waals surface area contributed by atoms with Gasteiger partial charge in [-0.15, -0.1) is 0 Å². The molecule has 0 aliphatic heterocycles. The minimum atomic E-state index is -2.93. The Kier molecular flexibility index (Phi) is 5.71. The first kappa shape index (κ1) is 17.9. The molecule has 1 heterocycles. The van der Waals surface area contributed by atoms with E-state index in [4.69, 9.17) is 16.3 Å². The third kappa shape index (κ3) is 5.28. The Hall–Kier alpha value is -1.92. The largest absolute Gasteiger partial charge is 0.489 e. The van der Waals surface area contributed by atoms with Crippen molar-refractivity contribution in [3.05, 3.63) is 52.8 Å². The van der Waals surface area contributed by atoms with Gasteiger partial charge in [-0.25, -0.2) is 4.98 Å². The monoisotopic (exact) mass is 369 g/mol. The predicted octanol–water partition coefficient (Wildman–Crippen LogP) is 4.40. The van der Waals surface area contributed by atoms with E-state index in [0.29, 0.717) is 29.7 Å². The van der Waals surface area contributed by atoms with Crippen molar-refractivity contribution in [1.82, 2.24) is 4.98 Å². The van der Waals surface area contributed by atoms with E-state index in [1.54, 1.807) is 30.5 Å². The van der Waals surface area contributed by atoms with Gasteiger partial charge in [0.2, 0.25) is 0 Å². The summed E-state index contributed by atoms with van der Waals surface area (Å²) in [7, 11) is 0. The molecular formula is C18H18ClF2NO3. The van der Waals surface area contributed by atoms with Crippen LogP contribution in [0.2, 0.25) is 5.15 Å². The van der Waals surface area contributed by atoms with Crippen LogP contribution in [0.1, 0.15) is 30.1 Å². The molecule has 134 valence electrons. The van der Waals surface area contributed by atoms with Crippen LogP contribution in [0.5, 0.6) is 11.5 Å². The molecule has 1 aliphatic carbocycles. The van der Waals surface area contributed by atoms with E-state index in [2.05, 4.69) is 9.72 Å². The van der Waals surface area contributed by atoms with Crippen LogP contribution >= 0.6 is 11.6 Å². The zero-order chi connectivity index (χ0) is 17.8. The van der Waals surface area contributed by atoms with Crippen LogP contribution in [0.3, 0.4) is 0 Å². The molecule has 0 spiro atoms. The van der Waals surface area contributed by atoms with Gasteiger partial charge in [0.05, 0.1) is 12.7 Å². The molecule has 7 heteroatoms. The molecule has 0 saturated heterocycles. The summed E-state index contributed by atoms with van der Waals surface area (Å²) in [5.41, 5.74) is 1.38. The zero-order valence-electron chi connectivity index (χ0n) is 13.4. The van der Waals surface area contributed by atoms with Crippen molar-refractivity contribution in [3.8, 4) is 11.5 Å². The number of nitrogens with zero attached hydrogens (tertiary/aromatic N) is 1. The van der Waals surface area contributed by atoms with Gasteiger partial charge in [-0.3, -0.25) is 0 Å². The number of ether oxygens (including phenoxy) is 2. The second-order valence-electron chi connectivity index (χ2n) is 6.05. The maximum absolute atomic E-state index is 12.6. The molecule has 1 aromatic carbocycles. The molecule has 1 atom stereocenters. The summed E-state index contributed by atoms with van der Waals surface area (Å²) in [5.74, 6) is 0.655. The van der Waals surface area contributed by atoms with Crippen LogP contribution in [-0.2, 0) is 6.42 Å². The average molecular weight is 370 g/mol. The fourth-order valence-electron chi connectivity index (χ4n) is 2.44. The quantitative estimate of drug-likeness (QED) is 0.701. The number of pyridine rings is 1. The lowest BCUT2D eigenvalue weighted by atomic mass is 10.0. The third-order valence-corrected chi connectivity index (χ3v) is 4.17. The minimum Gasteiger partial charge on any atom is -0.489 e. The number of alkyl halides is 2. The van der Waals surface area contributed by atoms with E-state index in [-0.39, 0.29) is 11.5 Å². The fourth-order valence-corrected chi connectivity index (χ4v) is 2.64. The SMILES string of the molecule is OC(Cc1ccnc(Cl)c1)c1ccc(OC(F)F)c(OCC2CC2)c1. The van der Waals surface area contributed by atoms with Crippen molar-refractivity contribution < 1.29 is 23.4 Å². The lowest BCUT2D eigenvalue weighted by molar-refractivity contribution is -0.0515. The average Bonchev–Trinajstić information content (AvgIpc) is 3.37. The molecule has 2 aromatic rings. The molecule has 1 N–H and O–H groups in total. The number of hydrogen-bond acceptors (Lipinski definition) is 4. The molecule has 3 rings (SSSR count). The minimum absolute atomic E-state index is 0.0291. The van der Waals surface area contributed by atoms with Crippen LogP contribution in [0.25, 0.3) is 0 Å². The molecule has 1 fully saturated rings. The van der Waals surface area contributed by atoms with Gasteiger partial charge in [-0.05, 0) is 54.2 Å². The Morgan fingerprint density at radius 2 is 2.00 bits per heavy atom. The summed E-state index contributed by atoms with van der Waals surface area (Å²) < 4.78 is 35.2. The molecule has 0 amide bonds. The lowest BCUT2D eigenvalue weighted by Crippen LogP contribution is -2.08. The van der Waals surface area contributed by atoms with Crippen LogP contribution in [0.15, 0.2) is 36.5 Å². The van der Waals surface area contributed by atoms with Gasteiger partial charge in [0.25, 0.3) is 0 Å². The highest BCUT2D eigenvalue weighted by Crippen LogP contribution is 2.35. The summed E-state index contributed by atoms with van der Waals surface area (Å²) in [5, 5.41) is 10.8. The molecule has 4 nitrogen and oxygen atoms in total. The second kappa shape index (κ2) is 7.97. The van der Waals surface area contributed by atoms with Gasteiger partial charge in [0, 0.05) is 12.6 Å². The number of aliphatic hydroxyl groups is 1. The van der Waals surface area contributed by atoms with Crippen LogP contribution in [-0.4, -0.2) is 23.3 Å². The maximum atomic E-state index is 12.6. The smallest absolute Gasteiger partial charge is 0.387 e. The van der Waals surface area contributed by atoms with Crippen molar-refractivity contribution in [1.29, 1.82) is 0 Å².